The van der Waals surface area contributed by atoms with E-state index in [4.69, 9.17) is 10.8 Å². The Bertz CT molecular complexity index is 368. The fraction of sp³-hybridized carbons (Fsp3) is 0.364. The number of amides is 1. The predicted octanol–water partition coefficient (Wildman–Crippen LogP) is 0.968. The van der Waals surface area contributed by atoms with Gasteiger partial charge in [0, 0.05) is 17.8 Å². The lowest BCUT2D eigenvalue weighted by Crippen LogP contribution is -2.37. The molecule has 0 bridgehead atoms. The van der Waals surface area contributed by atoms with Gasteiger partial charge < -0.3 is 15.7 Å². The first kappa shape index (κ1) is 13.4. The summed E-state index contributed by atoms with van der Waals surface area (Å²) in [6, 6.07) is 5.97. The smallest absolute Gasteiger partial charge is 0.255 e. The number of carbonyl (C=O) groups is 1. The predicted molar refractivity (Wildman–Crippen MR) is 59.8 cm³/mol. The Labute approximate surface area is 97.6 Å². The Kier molecular flexibility index (Phi) is 4.84. The number of carbonyl (C=O) groups excluding carboxylic acids is 1. The van der Waals surface area contributed by atoms with Crippen LogP contribution in [0.1, 0.15) is 10.4 Å². The lowest BCUT2D eigenvalue weighted by molar-refractivity contribution is 0.0509. The SMILES string of the molecule is Nc1ccc(C(=O)N(CCO)CC(F)F)cc1. The molecule has 0 radical (unpaired) electrons. The number of anilines is 1. The fourth-order valence-electron chi connectivity index (χ4n) is 1.37. The molecule has 1 aromatic rings. The highest BCUT2D eigenvalue weighted by Gasteiger charge is 2.18. The van der Waals surface area contributed by atoms with Crippen LogP contribution in [0.3, 0.4) is 0 Å². The molecular weight excluding hydrogens is 230 g/mol. The van der Waals surface area contributed by atoms with Crippen molar-refractivity contribution >= 4 is 11.6 Å². The summed E-state index contributed by atoms with van der Waals surface area (Å²) < 4.78 is 24.5. The van der Waals surface area contributed by atoms with Gasteiger partial charge in [-0.1, -0.05) is 0 Å². The number of benzene rings is 1. The number of hydrogen-bond donors (Lipinski definition) is 2. The summed E-state index contributed by atoms with van der Waals surface area (Å²) in [6.45, 7) is -1.16. The molecular formula is C11H14F2N2O2. The Morgan fingerprint density at radius 2 is 1.94 bits per heavy atom. The monoisotopic (exact) mass is 244 g/mol. The molecule has 0 atom stereocenters. The first-order chi connectivity index (χ1) is 8.04. The highest BCUT2D eigenvalue weighted by atomic mass is 19.3. The van der Waals surface area contributed by atoms with Gasteiger partial charge in [0.2, 0.25) is 0 Å². The van der Waals surface area contributed by atoms with Crippen molar-refractivity contribution in [3.05, 3.63) is 29.8 Å². The Balaban J connectivity index is 2.79. The number of nitrogens with two attached hydrogens (primary N) is 1. The molecule has 17 heavy (non-hydrogen) atoms. The molecule has 0 saturated heterocycles. The topological polar surface area (TPSA) is 66.6 Å². The van der Waals surface area contributed by atoms with Crippen molar-refractivity contribution in [3.63, 3.8) is 0 Å². The molecule has 3 N–H and O–H groups in total. The molecule has 0 aliphatic heterocycles. The summed E-state index contributed by atoms with van der Waals surface area (Å²) in [6.07, 6.45) is -2.63. The van der Waals surface area contributed by atoms with Gasteiger partial charge in [-0.15, -0.1) is 0 Å². The Hall–Kier alpha value is -1.69. The zero-order chi connectivity index (χ0) is 12.8. The van der Waals surface area contributed by atoms with Crippen LogP contribution in [0.2, 0.25) is 0 Å². The number of alkyl halides is 2. The van der Waals surface area contributed by atoms with E-state index >= 15 is 0 Å². The van der Waals surface area contributed by atoms with Gasteiger partial charge in [-0.05, 0) is 24.3 Å². The van der Waals surface area contributed by atoms with Crippen LogP contribution >= 0.6 is 0 Å². The highest BCUT2D eigenvalue weighted by Crippen LogP contribution is 2.10. The van der Waals surface area contributed by atoms with Crippen LogP contribution in [0.25, 0.3) is 0 Å². The zero-order valence-electron chi connectivity index (χ0n) is 9.14. The Morgan fingerprint density at radius 3 is 2.41 bits per heavy atom. The van der Waals surface area contributed by atoms with Crippen LogP contribution in [-0.4, -0.2) is 42.0 Å². The third kappa shape index (κ3) is 3.99. The minimum atomic E-state index is -2.63. The number of aliphatic hydroxyl groups is 1. The van der Waals surface area contributed by atoms with Crippen molar-refractivity contribution in [2.75, 3.05) is 25.4 Å². The molecule has 0 saturated carbocycles. The van der Waals surface area contributed by atoms with Gasteiger partial charge in [0.1, 0.15) is 0 Å². The normalized spacial score (nSPS) is 10.6. The summed E-state index contributed by atoms with van der Waals surface area (Å²) in [4.78, 5) is 12.7. The first-order valence-electron chi connectivity index (χ1n) is 5.08. The van der Waals surface area contributed by atoms with Crippen LogP contribution in [0.4, 0.5) is 14.5 Å². The van der Waals surface area contributed by atoms with Gasteiger partial charge in [-0.3, -0.25) is 4.79 Å². The summed E-state index contributed by atoms with van der Waals surface area (Å²) >= 11 is 0. The molecule has 1 amide bonds. The second kappa shape index (κ2) is 6.15. The number of nitrogens with zero attached hydrogens (tertiary/aromatic N) is 1. The van der Waals surface area contributed by atoms with E-state index in [0.29, 0.717) is 5.69 Å². The van der Waals surface area contributed by atoms with E-state index in [-0.39, 0.29) is 18.7 Å². The van der Waals surface area contributed by atoms with Crippen LogP contribution in [-0.2, 0) is 0 Å². The molecule has 0 heterocycles. The van der Waals surface area contributed by atoms with Gasteiger partial charge in [-0.2, -0.15) is 0 Å². The average molecular weight is 244 g/mol. The highest BCUT2D eigenvalue weighted by molar-refractivity contribution is 5.94. The van der Waals surface area contributed by atoms with Crippen LogP contribution in [0.15, 0.2) is 24.3 Å². The van der Waals surface area contributed by atoms with Crippen molar-refractivity contribution in [2.24, 2.45) is 0 Å². The van der Waals surface area contributed by atoms with E-state index in [1.807, 2.05) is 0 Å². The second-order valence-corrected chi connectivity index (χ2v) is 3.49. The second-order valence-electron chi connectivity index (χ2n) is 3.49. The number of halogens is 2. The first-order valence-corrected chi connectivity index (χ1v) is 5.08. The van der Waals surface area contributed by atoms with E-state index in [0.717, 1.165) is 4.90 Å². The molecule has 0 fully saturated rings. The van der Waals surface area contributed by atoms with E-state index in [1.54, 1.807) is 0 Å². The third-order valence-electron chi connectivity index (χ3n) is 2.17. The zero-order valence-corrected chi connectivity index (χ0v) is 9.14. The average Bonchev–Trinajstić information content (AvgIpc) is 2.28. The van der Waals surface area contributed by atoms with Crippen LogP contribution in [0, 0.1) is 0 Å². The molecule has 0 aromatic heterocycles. The minimum Gasteiger partial charge on any atom is -0.399 e. The van der Waals surface area contributed by atoms with Gasteiger partial charge in [0.25, 0.3) is 12.3 Å². The molecule has 0 unspecified atom stereocenters. The molecule has 0 aliphatic carbocycles. The van der Waals surface area contributed by atoms with Crippen molar-refractivity contribution in [1.82, 2.24) is 4.90 Å². The molecule has 0 spiro atoms. The number of nitrogen functional groups attached to an aromatic ring is 1. The standard InChI is InChI=1S/C11H14F2N2O2/c12-10(13)7-15(5-6-16)11(17)8-1-3-9(14)4-2-8/h1-4,10,16H,5-7,14H2. The van der Waals surface area contributed by atoms with E-state index in [1.165, 1.54) is 24.3 Å². The molecule has 1 aromatic carbocycles. The van der Waals surface area contributed by atoms with E-state index < -0.39 is 18.9 Å². The van der Waals surface area contributed by atoms with E-state index in [9.17, 15) is 13.6 Å². The molecule has 94 valence electrons. The van der Waals surface area contributed by atoms with Crippen molar-refractivity contribution in [2.45, 2.75) is 6.43 Å². The van der Waals surface area contributed by atoms with Crippen molar-refractivity contribution in [1.29, 1.82) is 0 Å². The van der Waals surface area contributed by atoms with Gasteiger partial charge >= 0.3 is 0 Å². The van der Waals surface area contributed by atoms with Gasteiger partial charge in [0.15, 0.2) is 0 Å². The van der Waals surface area contributed by atoms with Gasteiger partial charge in [0.05, 0.1) is 13.2 Å². The van der Waals surface area contributed by atoms with E-state index in [2.05, 4.69) is 0 Å². The molecule has 6 heteroatoms. The summed E-state index contributed by atoms with van der Waals surface area (Å²) in [7, 11) is 0. The quantitative estimate of drug-likeness (QED) is 0.758. The number of aliphatic hydroxyl groups excluding tert-OH is 1. The number of rotatable bonds is 5. The van der Waals surface area contributed by atoms with Gasteiger partial charge in [-0.25, -0.2) is 8.78 Å². The summed E-state index contributed by atoms with van der Waals surface area (Å²) in [5.74, 6) is -0.542. The van der Waals surface area contributed by atoms with Crippen molar-refractivity contribution < 1.29 is 18.7 Å². The number of hydrogen-bond acceptors (Lipinski definition) is 3. The maximum absolute atomic E-state index is 12.3. The molecule has 1 rings (SSSR count). The van der Waals surface area contributed by atoms with Crippen LogP contribution < -0.4 is 5.73 Å². The van der Waals surface area contributed by atoms with Crippen LogP contribution in [0.5, 0.6) is 0 Å². The molecule has 4 nitrogen and oxygen atoms in total. The lowest BCUT2D eigenvalue weighted by Gasteiger charge is -2.21. The maximum Gasteiger partial charge on any atom is 0.255 e. The largest absolute Gasteiger partial charge is 0.399 e. The molecule has 0 aliphatic rings. The fourth-order valence-corrected chi connectivity index (χ4v) is 1.37. The summed E-state index contributed by atoms with van der Waals surface area (Å²) in [5, 5.41) is 8.73. The minimum absolute atomic E-state index is 0.118. The lowest BCUT2D eigenvalue weighted by atomic mass is 10.2. The van der Waals surface area contributed by atoms with Crippen molar-refractivity contribution in [3.8, 4) is 0 Å². The summed E-state index contributed by atoms with van der Waals surface area (Å²) in [5.41, 5.74) is 6.22. The maximum atomic E-state index is 12.3. The third-order valence-corrected chi connectivity index (χ3v) is 2.17. The Morgan fingerprint density at radius 1 is 1.35 bits per heavy atom.